The number of phenolic OH excluding ortho intramolecular Hbond substituents is 1. The number of nitrogens with zero attached hydrogens (tertiary/aromatic N) is 2. The summed E-state index contributed by atoms with van der Waals surface area (Å²) in [5, 5.41) is 23.8. The van der Waals surface area contributed by atoms with E-state index < -0.39 is 23.4 Å². The number of anilines is 2. The molecule has 7 nitrogen and oxygen atoms in total. The molecule has 3 N–H and O–H groups in total. The van der Waals surface area contributed by atoms with E-state index in [1.54, 1.807) is 0 Å². The van der Waals surface area contributed by atoms with Gasteiger partial charge in [0.25, 0.3) is 11.8 Å². The molecule has 2 amide bonds. The van der Waals surface area contributed by atoms with Crippen molar-refractivity contribution in [3.8, 4) is 16.3 Å². The quantitative estimate of drug-likeness (QED) is 0.299. The number of carbonyl (C=O) groups is 2. The molecule has 0 aliphatic heterocycles. The van der Waals surface area contributed by atoms with Gasteiger partial charge in [-0.15, -0.1) is 10.2 Å². The molecule has 0 atom stereocenters. The maximum absolute atomic E-state index is 13.3. The molecular formula is C22H12Cl2F2N4O3S. The number of nitrogens with one attached hydrogen (secondary N) is 2. The Morgan fingerprint density at radius 1 is 0.853 bits per heavy atom. The van der Waals surface area contributed by atoms with E-state index in [4.69, 9.17) is 23.2 Å². The Balaban J connectivity index is 1.43. The largest absolute Gasteiger partial charge is 0.506 e. The lowest BCUT2D eigenvalue weighted by Crippen LogP contribution is -2.14. The van der Waals surface area contributed by atoms with Crippen LogP contribution in [0, 0.1) is 11.6 Å². The van der Waals surface area contributed by atoms with Crippen LogP contribution in [0.15, 0.2) is 54.6 Å². The summed E-state index contributed by atoms with van der Waals surface area (Å²) in [5.41, 5.74) is 0.791. The predicted molar refractivity (Wildman–Crippen MR) is 126 cm³/mol. The van der Waals surface area contributed by atoms with Crippen LogP contribution in [0.1, 0.15) is 20.7 Å². The molecule has 4 rings (SSSR count). The van der Waals surface area contributed by atoms with Gasteiger partial charge in [0.2, 0.25) is 5.13 Å². The number of rotatable bonds is 5. The minimum Gasteiger partial charge on any atom is -0.506 e. The third kappa shape index (κ3) is 5.14. The van der Waals surface area contributed by atoms with Gasteiger partial charge in [0, 0.05) is 27.9 Å². The molecule has 0 fully saturated rings. The molecular weight excluding hydrogens is 509 g/mol. The van der Waals surface area contributed by atoms with Crippen LogP contribution in [0.5, 0.6) is 5.75 Å². The van der Waals surface area contributed by atoms with Gasteiger partial charge in [-0.2, -0.15) is 0 Å². The number of halogens is 4. The maximum atomic E-state index is 13.3. The first-order valence-electron chi connectivity index (χ1n) is 9.41. The highest BCUT2D eigenvalue weighted by atomic mass is 35.5. The van der Waals surface area contributed by atoms with Gasteiger partial charge in [-0.3, -0.25) is 14.9 Å². The number of hydrogen-bond donors (Lipinski definition) is 3. The summed E-state index contributed by atoms with van der Waals surface area (Å²) < 4.78 is 26.3. The summed E-state index contributed by atoms with van der Waals surface area (Å²) in [6.07, 6.45) is 0. The average Bonchev–Trinajstić information content (AvgIpc) is 3.27. The van der Waals surface area contributed by atoms with Crippen LogP contribution in [-0.2, 0) is 0 Å². The molecule has 0 bridgehead atoms. The number of aromatic hydroxyl groups is 1. The molecule has 0 unspecified atom stereocenters. The Morgan fingerprint density at radius 3 is 2.15 bits per heavy atom. The summed E-state index contributed by atoms with van der Waals surface area (Å²) in [7, 11) is 0. The molecule has 1 aromatic heterocycles. The van der Waals surface area contributed by atoms with Crippen molar-refractivity contribution in [2.24, 2.45) is 0 Å². The number of hydrogen-bond acceptors (Lipinski definition) is 6. The van der Waals surface area contributed by atoms with Crippen molar-refractivity contribution < 1.29 is 23.5 Å². The highest BCUT2D eigenvalue weighted by molar-refractivity contribution is 7.18. The van der Waals surface area contributed by atoms with Gasteiger partial charge >= 0.3 is 0 Å². The van der Waals surface area contributed by atoms with Crippen LogP contribution < -0.4 is 10.6 Å². The van der Waals surface area contributed by atoms with Crippen LogP contribution in [0.2, 0.25) is 10.0 Å². The van der Waals surface area contributed by atoms with Gasteiger partial charge in [0.15, 0.2) is 16.6 Å². The molecule has 0 spiro atoms. The SMILES string of the molecule is O=C(Nc1ccc(F)c(F)c1)c1ccc(C(=O)Nc2nnc(-c3cc(Cl)cc(Cl)c3O)s2)cc1. The van der Waals surface area contributed by atoms with E-state index in [0.717, 1.165) is 23.5 Å². The number of phenols is 1. The monoisotopic (exact) mass is 520 g/mol. The number of carbonyl (C=O) groups excluding carboxylic acids is 2. The second-order valence-electron chi connectivity index (χ2n) is 6.81. The molecule has 0 aliphatic rings. The summed E-state index contributed by atoms with van der Waals surface area (Å²) >= 11 is 12.9. The van der Waals surface area contributed by atoms with Crippen LogP contribution in [0.25, 0.3) is 10.6 Å². The molecule has 4 aromatic rings. The average molecular weight is 521 g/mol. The standard InChI is InChI=1S/C22H12Cl2F2N4O3S/c23-12-7-14(18(31)15(24)8-12)21-29-30-22(34-21)28-20(33)11-3-1-10(2-4-11)19(32)27-13-5-6-16(25)17(26)9-13/h1-9,31H,(H,27,32)(H,28,30,33). The Bertz CT molecular complexity index is 1410. The zero-order chi connectivity index (χ0) is 24.4. The Labute approximate surface area is 205 Å². The lowest BCUT2D eigenvalue weighted by atomic mass is 10.1. The van der Waals surface area contributed by atoms with Crippen LogP contribution in [-0.4, -0.2) is 27.1 Å². The highest BCUT2D eigenvalue weighted by Crippen LogP contribution is 2.39. The second-order valence-corrected chi connectivity index (χ2v) is 8.63. The molecule has 0 aliphatic carbocycles. The topological polar surface area (TPSA) is 104 Å². The lowest BCUT2D eigenvalue weighted by Gasteiger charge is -2.07. The maximum Gasteiger partial charge on any atom is 0.257 e. The Kier molecular flexibility index (Phi) is 6.73. The van der Waals surface area contributed by atoms with Crippen LogP contribution in [0.4, 0.5) is 19.6 Å². The molecule has 12 heteroatoms. The molecule has 172 valence electrons. The zero-order valence-corrected chi connectivity index (χ0v) is 19.1. The third-order valence-electron chi connectivity index (χ3n) is 4.49. The third-order valence-corrected chi connectivity index (χ3v) is 5.87. The van der Waals surface area contributed by atoms with Gasteiger partial charge in [-0.25, -0.2) is 8.78 Å². The number of amides is 2. The van der Waals surface area contributed by atoms with Crippen molar-refractivity contribution in [2.75, 3.05) is 10.6 Å². The van der Waals surface area contributed by atoms with Crippen LogP contribution >= 0.6 is 34.5 Å². The van der Waals surface area contributed by atoms with E-state index >= 15 is 0 Å². The normalized spacial score (nSPS) is 10.7. The smallest absolute Gasteiger partial charge is 0.257 e. The molecule has 0 saturated heterocycles. The predicted octanol–water partition coefficient (Wildman–Crippen LogP) is 6.00. The van der Waals surface area contributed by atoms with E-state index in [1.807, 2.05) is 0 Å². The summed E-state index contributed by atoms with van der Waals surface area (Å²) in [4.78, 5) is 24.8. The zero-order valence-electron chi connectivity index (χ0n) is 16.8. The van der Waals surface area contributed by atoms with Gasteiger partial charge in [0.05, 0.1) is 10.6 Å². The molecule has 0 saturated carbocycles. The van der Waals surface area contributed by atoms with Crippen molar-refractivity contribution in [3.05, 3.63) is 87.4 Å². The van der Waals surface area contributed by atoms with E-state index in [2.05, 4.69) is 20.8 Å². The van der Waals surface area contributed by atoms with Gasteiger partial charge in [-0.05, 0) is 48.5 Å². The fraction of sp³-hybridized carbons (Fsp3) is 0. The number of benzene rings is 3. The Morgan fingerprint density at radius 2 is 1.50 bits per heavy atom. The fourth-order valence-electron chi connectivity index (χ4n) is 2.83. The first-order valence-corrected chi connectivity index (χ1v) is 11.0. The first kappa shape index (κ1) is 23.6. The highest BCUT2D eigenvalue weighted by Gasteiger charge is 2.17. The molecule has 1 heterocycles. The van der Waals surface area contributed by atoms with Gasteiger partial charge in [0.1, 0.15) is 5.75 Å². The van der Waals surface area contributed by atoms with Gasteiger partial charge < -0.3 is 10.4 Å². The van der Waals surface area contributed by atoms with Crippen molar-refractivity contribution in [3.63, 3.8) is 0 Å². The summed E-state index contributed by atoms with van der Waals surface area (Å²) in [6.45, 7) is 0. The molecule has 0 radical (unpaired) electrons. The second kappa shape index (κ2) is 9.72. The van der Waals surface area contributed by atoms with Gasteiger partial charge in [-0.1, -0.05) is 34.5 Å². The number of aromatic nitrogens is 2. The van der Waals surface area contributed by atoms with Crippen molar-refractivity contribution >= 4 is 57.2 Å². The first-order chi connectivity index (χ1) is 16.2. The molecule has 34 heavy (non-hydrogen) atoms. The summed E-state index contributed by atoms with van der Waals surface area (Å²) in [6, 6.07) is 11.5. The van der Waals surface area contributed by atoms with E-state index in [0.29, 0.717) is 10.0 Å². The van der Waals surface area contributed by atoms with E-state index in [1.165, 1.54) is 42.5 Å². The fourth-order valence-corrected chi connectivity index (χ4v) is 4.08. The Hall–Kier alpha value is -3.60. The minimum atomic E-state index is -1.08. The van der Waals surface area contributed by atoms with Crippen molar-refractivity contribution in [1.82, 2.24) is 10.2 Å². The van der Waals surface area contributed by atoms with Crippen LogP contribution in [0.3, 0.4) is 0 Å². The molecule has 3 aromatic carbocycles. The van der Waals surface area contributed by atoms with Crippen molar-refractivity contribution in [2.45, 2.75) is 0 Å². The van der Waals surface area contributed by atoms with Crippen molar-refractivity contribution in [1.29, 1.82) is 0 Å². The van der Waals surface area contributed by atoms with E-state index in [-0.39, 0.29) is 38.3 Å². The van der Waals surface area contributed by atoms with E-state index in [9.17, 15) is 23.5 Å². The summed E-state index contributed by atoms with van der Waals surface area (Å²) in [5.74, 6) is -3.39. The lowest BCUT2D eigenvalue weighted by molar-refractivity contribution is 0.101. The minimum absolute atomic E-state index is 0.0528.